The molecule has 2 aliphatic rings. The van der Waals surface area contributed by atoms with Crippen molar-refractivity contribution >= 4 is 23.6 Å². The quantitative estimate of drug-likeness (QED) is 0.465. The summed E-state index contributed by atoms with van der Waals surface area (Å²) in [4.78, 5) is 26.7. The fourth-order valence-corrected chi connectivity index (χ4v) is 4.10. The first-order chi connectivity index (χ1) is 13.1. The van der Waals surface area contributed by atoms with Crippen LogP contribution in [-0.2, 0) is 27.3 Å². The van der Waals surface area contributed by atoms with Crippen LogP contribution in [0, 0.1) is 0 Å². The van der Waals surface area contributed by atoms with Crippen LogP contribution in [-0.4, -0.2) is 50.6 Å². The molecule has 4 rings (SSSR count). The zero-order valence-electron chi connectivity index (χ0n) is 15.0. The molecule has 142 valence electrons. The van der Waals surface area contributed by atoms with Crippen LogP contribution >= 0.6 is 11.8 Å². The van der Waals surface area contributed by atoms with Crippen LogP contribution in [0.4, 0.5) is 0 Å². The summed E-state index contributed by atoms with van der Waals surface area (Å²) in [5.41, 5.74) is 2.12. The van der Waals surface area contributed by atoms with Gasteiger partial charge in [-0.2, -0.15) is 0 Å². The van der Waals surface area contributed by atoms with E-state index in [0.29, 0.717) is 24.0 Å². The molecule has 1 saturated carbocycles. The van der Waals surface area contributed by atoms with Crippen molar-refractivity contribution in [2.75, 3.05) is 18.7 Å². The summed E-state index contributed by atoms with van der Waals surface area (Å²) in [5.74, 6) is 6.77. The third kappa shape index (κ3) is 3.51. The van der Waals surface area contributed by atoms with Gasteiger partial charge in [0.05, 0.1) is 12.9 Å². The van der Waals surface area contributed by atoms with E-state index in [4.69, 9.17) is 10.6 Å². The lowest BCUT2D eigenvalue weighted by Gasteiger charge is -2.35. The van der Waals surface area contributed by atoms with E-state index in [9.17, 15) is 9.59 Å². The molecule has 1 atom stereocenters. The molecule has 1 fully saturated rings. The van der Waals surface area contributed by atoms with E-state index < -0.39 is 12.0 Å². The van der Waals surface area contributed by atoms with Gasteiger partial charge in [-0.3, -0.25) is 4.79 Å². The lowest BCUT2D eigenvalue weighted by Crippen LogP contribution is -2.49. The van der Waals surface area contributed by atoms with Gasteiger partial charge in [-0.15, -0.1) is 10.2 Å². The largest absolute Gasteiger partial charge is 0.467 e. The third-order valence-corrected chi connectivity index (χ3v) is 5.93. The highest BCUT2D eigenvalue weighted by molar-refractivity contribution is 7.99. The molecule has 0 bridgehead atoms. The number of carbonyl (C=O) groups excluding carboxylic acids is 2. The smallest absolute Gasteiger partial charge is 0.328 e. The zero-order valence-corrected chi connectivity index (χ0v) is 15.8. The Labute approximate surface area is 161 Å². The SMILES string of the molecule is COC(=O)[C@H]1Cc2ccccc2CN1C(=O)CSc1nnc(C2CC2)n1N. The van der Waals surface area contributed by atoms with Gasteiger partial charge >= 0.3 is 5.97 Å². The number of benzene rings is 1. The van der Waals surface area contributed by atoms with Gasteiger partial charge < -0.3 is 15.5 Å². The van der Waals surface area contributed by atoms with Gasteiger partial charge in [0.25, 0.3) is 0 Å². The highest BCUT2D eigenvalue weighted by Gasteiger charge is 2.35. The first kappa shape index (κ1) is 17.8. The van der Waals surface area contributed by atoms with Crippen molar-refractivity contribution in [2.45, 2.75) is 42.9 Å². The molecular weight excluding hydrogens is 366 g/mol. The number of carbonyl (C=O) groups is 2. The van der Waals surface area contributed by atoms with Crippen LogP contribution in [0.1, 0.15) is 35.7 Å². The van der Waals surface area contributed by atoms with Crippen LogP contribution in [0.3, 0.4) is 0 Å². The highest BCUT2D eigenvalue weighted by Crippen LogP contribution is 2.39. The molecule has 1 amide bonds. The molecule has 27 heavy (non-hydrogen) atoms. The number of amides is 1. The maximum absolute atomic E-state index is 12.9. The molecule has 0 spiro atoms. The number of methoxy groups -OCH3 is 1. The van der Waals surface area contributed by atoms with E-state index in [0.717, 1.165) is 29.8 Å². The number of thioether (sulfide) groups is 1. The summed E-state index contributed by atoms with van der Waals surface area (Å²) in [7, 11) is 1.34. The van der Waals surface area contributed by atoms with Gasteiger partial charge in [0.1, 0.15) is 6.04 Å². The van der Waals surface area contributed by atoms with Crippen molar-refractivity contribution in [2.24, 2.45) is 0 Å². The van der Waals surface area contributed by atoms with Crippen molar-refractivity contribution in [3.63, 3.8) is 0 Å². The molecule has 2 aromatic rings. The fourth-order valence-electron chi connectivity index (χ4n) is 3.35. The number of nitrogens with zero attached hydrogens (tertiary/aromatic N) is 4. The number of nitrogen functional groups attached to an aromatic ring is 1. The van der Waals surface area contributed by atoms with Crippen LogP contribution in [0.2, 0.25) is 0 Å². The van der Waals surface area contributed by atoms with Gasteiger partial charge in [-0.1, -0.05) is 36.0 Å². The molecule has 1 aliphatic carbocycles. The van der Waals surface area contributed by atoms with E-state index in [-0.39, 0.29) is 11.7 Å². The standard InChI is InChI=1S/C18H21N5O3S/c1-26-17(25)14-8-12-4-2-3-5-13(12)9-22(14)15(24)10-27-18-21-20-16(23(18)19)11-6-7-11/h2-5,11,14H,6-10,19H2,1H3/t14-/m1/s1. The Hall–Kier alpha value is -2.55. The van der Waals surface area contributed by atoms with Crippen molar-refractivity contribution in [3.05, 3.63) is 41.2 Å². The zero-order chi connectivity index (χ0) is 19.0. The normalized spacial score (nSPS) is 18.9. The number of rotatable bonds is 5. The van der Waals surface area contributed by atoms with E-state index in [1.165, 1.54) is 23.5 Å². The fraction of sp³-hybridized carbons (Fsp3) is 0.444. The molecule has 9 heteroatoms. The van der Waals surface area contributed by atoms with E-state index in [2.05, 4.69) is 10.2 Å². The number of aromatic nitrogens is 3. The Morgan fingerprint density at radius 2 is 2.00 bits per heavy atom. The summed E-state index contributed by atoms with van der Waals surface area (Å²) >= 11 is 1.24. The lowest BCUT2D eigenvalue weighted by atomic mass is 9.94. The first-order valence-electron chi connectivity index (χ1n) is 8.85. The Balaban J connectivity index is 1.48. The van der Waals surface area contributed by atoms with E-state index in [1.807, 2.05) is 24.3 Å². The summed E-state index contributed by atoms with van der Waals surface area (Å²) in [6, 6.07) is 7.22. The van der Waals surface area contributed by atoms with Crippen LogP contribution in [0.5, 0.6) is 0 Å². The molecule has 1 aliphatic heterocycles. The van der Waals surface area contributed by atoms with Gasteiger partial charge in [-0.25, -0.2) is 9.47 Å². The van der Waals surface area contributed by atoms with Crippen molar-refractivity contribution in [1.29, 1.82) is 0 Å². The lowest BCUT2D eigenvalue weighted by molar-refractivity contribution is -0.153. The van der Waals surface area contributed by atoms with E-state index >= 15 is 0 Å². The molecule has 1 aromatic carbocycles. The number of ether oxygens (including phenoxy) is 1. The Kier molecular flexibility index (Phi) is 4.77. The second-order valence-corrected chi connectivity index (χ2v) is 7.75. The second kappa shape index (κ2) is 7.22. The summed E-state index contributed by atoms with van der Waals surface area (Å²) in [6.07, 6.45) is 2.61. The molecule has 1 aromatic heterocycles. The average molecular weight is 387 g/mol. The van der Waals surface area contributed by atoms with Crippen molar-refractivity contribution in [3.8, 4) is 0 Å². The Bertz CT molecular complexity index is 880. The summed E-state index contributed by atoms with van der Waals surface area (Å²) in [5, 5.41) is 8.72. The minimum atomic E-state index is -0.615. The molecule has 0 saturated heterocycles. The summed E-state index contributed by atoms with van der Waals surface area (Å²) in [6.45, 7) is 0.387. The maximum Gasteiger partial charge on any atom is 0.328 e. The van der Waals surface area contributed by atoms with Gasteiger partial charge in [0, 0.05) is 18.9 Å². The molecular formula is C18H21N5O3S. The van der Waals surface area contributed by atoms with Crippen LogP contribution in [0.25, 0.3) is 0 Å². The minimum absolute atomic E-state index is 0.135. The topological polar surface area (TPSA) is 103 Å². The third-order valence-electron chi connectivity index (χ3n) is 5.00. The maximum atomic E-state index is 12.9. The minimum Gasteiger partial charge on any atom is -0.467 e. The van der Waals surface area contributed by atoms with Gasteiger partial charge in [0.15, 0.2) is 5.82 Å². The number of hydrogen-bond donors (Lipinski definition) is 1. The van der Waals surface area contributed by atoms with Crippen molar-refractivity contribution in [1.82, 2.24) is 19.8 Å². The number of esters is 1. The Morgan fingerprint density at radius 3 is 2.70 bits per heavy atom. The van der Waals surface area contributed by atoms with E-state index in [1.54, 1.807) is 4.90 Å². The number of fused-ring (bicyclic) bond motifs is 1. The molecule has 2 N–H and O–H groups in total. The predicted molar refractivity (Wildman–Crippen MR) is 99.4 cm³/mol. The van der Waals surface area contributed by atoms with Crippen LogP contribution < -0.4 is 5.84 Å². The predicted octanol–water partition coefficient (Wildman–Crippen LogP) is 1.09. The molecule has 0 unspecified atom stereocenters. The highest BCUT2D eigenvalue weighted by atomic mass is 32.2. The number of hydrogen-bond acceptors (Lipinski definition) is 7. The number of nitrogens with two attached hydrogens (primary N) is 1. The van der Waals surface area contributed by atoms with Crippen molar-refractivity contribution < 1.29 is 14.3 Å². The monoisotopic (exact) mass is 387 g/mol. The summed E-state index contributed by atoms with van der Waals surface area (Å²) < 4.78 is 6.39. The van der Waals surface area contributed by atoms with Crippen LogP contribution in [0.15, 0.2) is 29.4 Å². The molecule has 2 heterocycles. The van der Waals surface area contributed by atoms with Gasteiger partial charge in [0.2, 0.25) is 11.1 Å². The molecule has 0 radical (unpaired) electrons. The second-order valence-electron chi connectivity index (χ2n) is 6.81. The first-order valence-corrected chi connectivity index (χ1v) is 9.84. The Morgan fingerprint density at radius 1 is 1.26 bits per heavy atom. The molecule has 8 nitrogen and oxygen atoms in total. The van der Waals surface area contributed by atoms with Gasteiger partial charge in [-0.05, 0) is 24.0 Å². The average Bonchev–Trinajstić information content (AvgIpc) is 3.47.